The molecule has 6 nitrogen and oxygen atoms in total. The Hall–Kier alpha value is -2.41. The van der Waals surface area contributed by atoms with Crippen LogP contribution in [0.4, 0.5) is 0 Å². The summed E-state index contributed by atoms with van der Waals surface area (Å²) in [4.78, 5) is 19.4. The lowest BCUT2D eigenvalue weighted by Crippen LogP contribution is -2.52. The molecule has 0 aliphatic carbocycles. The van der Waals surface area contributed by atoms with Gasteiger partial charge in [0.15, 0.2) is 0 Å². The fourth-order valence-electron chi connectivity index (χ4n) is 5.71. The number of hydrogen-bond donors (Lipinski definition) is 0. The fourth-order valence-corrected chi connectivity index (χ4v) is 5.71. The average Bonchev–Trinajstić information content (AvgIpc) is 3.47. The molecule has 0 aromatic heterocycles. The first-order valence-corrected chi connectivity index (χ1v) is 13.8. The third-order valence-electron chi connectivity index (χ3n) is 7.97. The average molecular weight is 492 g/mol. The molecule has 194 valence electrons. The van der Waals surface area contributed by atoms with Crippen LogP contribution in [-0.4, -0.2) is 85.7 Å². The minimum Gasteiger partial charge on any atom is -0.492 e. The number of carbonyl (C=O) groups excluding carboxylic acids is 1. The highest BCUT2D eigenvalue weighted by atomic mass is 16.5. The van der Waals surface area contributed by atoms with Crippen LogP contribution in [0.25, 0.3) is 0 Å². The summed E-state index contributed by atoms with van der Waals surface area (Å²) in [6.45, 7) is 9.06. The molecule has 2 aromatic rings. The van der Waals surface area contributed by atoms with Gasteiger partial charge in [0.2, 0.25) is 0 Å². The van der Waals surface area contributed by atoms with Gasteiger partial charge >= 0.3 is 0 Å². The van der Waals surface area contributed by atoms with Gasteiger partial charge in [0, 0.05) is 45.9 Å². The van der Waals surface area contributed by atoms with Crippen LogP contribution in [0, 0.1) is 5.92 Å². The molecule has 1 amide bonds. The van der Waals surface area contributed by atoms with Crippen molar-refractivity contribution in [3.63, 3.8) is 0 Å². The van der Waals surface area contributed by atoms with Crippen molar-refractivity contribution in [2.24, 2.45) is 5.92 Å². The zero-order chi connectivity index (χ0) is 24.6. The molecule has 1 atom stereocenters. The SMILES string of the molecule is O=C(C1CCCO1)N1CCN(CCOc2ccc(CN3CCC(Cc4ccccc4)CC3)cc2)CC1. The topological polar surface area (TPSA) is 45.3 Å². The minimum atomic E-state index is -0.200. The number of carbonyl (C=O) groups is 1. The van der Waals surface area contributed by atoms with E-state index in [0.717, 1.165) is 70.4 Å². The molecular formula is C30H41N3O3. The second-order valence-electron chi connectivity index (χ2n) is 10.6. The van der Waals surface area contributed by atoms with Crippen molar-refractivity contribution in [3.05, 3.63) is 65.7 Å². The second-order valence-corrected chi connectivity index (χ2v) is 10.6. The zero-order valence-corrected chi connectivity index (χ0v) is 21.5. The molecule has 3 aliphatic heterocycles. The van der Waals surface area contributed by atoms with Gasteiger partial charge in [0.05, 0.1) is 0 Å². The van der Waals surface area contributed by atoms with Gasteiger partial charge < -0.3 is 14.4 Å². The Kier molecular flexibility index (Phi) is 8.91. The van der Waals surface area contributed by atoms with Gasteiger partial charge in [-0.1, -0.05) is 42.5 Å². The molecule has 0 spiro atoms. The summed E-state index contributed by atoms with van der Waals surface area (Å²) in [7, 11) is 0. The van der Waals surface area contributed by atoms with Crippen LogP contribution < -0.4 is 4.74 Å². The van der Waals surface area contributed by atoms with Gasteiger partial charge in [-0.2, -0.15) is 0 Å². The van der Waals surface area contributed by atoms with Crippen LogP contribution in [0.3, 0.4) is 0 Å². The number of benzene rings is 2. The van der Waals surface area contributed by atoms with E-state index in [9.17, 15) is 4.79 Å². The fraction of sp³-hybridized carbons (Fsp3) is 0.567. The standard InChI is InChI=1S/C30H41N3O3/c34-30(29-7-4-21-36-29)33-18-16-31(17-19-33)20-22-35-28-10-8-27(9-11-28)24-32-14-12-26(13-15-32)23-25-5-2-1-3-6-25/h1-3,5-6,8-11,26,29H,4,7,12-24H2. The number of nitrogens with zero attached hydrogens (tertiary/aromatic N) is 3. The van der Waals surface area contributed by atoms with Gasteiger partial charge in [-0.15, -0.1) is 0 Å². The highest BCUT2D eigenvalue weighted by Crippen LogP contribution is 2.23. The first kappa shape index (κ1) is 25.2. The van der Waals surface area contributed by atoms with Crippen LogP contribution in [0.2, 0.25) is 0 Å². The molecule has 0 radical (unpaired) electrons. The highest BCUT2D eigenvalue weighted by molar-refractivity contribution is 5.81. The van der Waals surface area contributed by atoms with E-state index < -0.39 is 0 Å². The molecule has 3 heterocycles. The summed E-state index contributed by atoms with van der Waals surface area (Å²) in [5.41, 5.74) is 2.83. The molecule has 36 heavy (non-hydrogen) atoms. The maximum Gasteiger partial charge on any atom is 0.251 e. The van der Waals surface area contributed by atoms with Crippen molar-refractivity contribution in [1.29, 1.82) is 0 Å². The summed E-state index contributed by atoms with van der Waals surface area (Å²) >= 11 is 0. The van der Waals surface area contributed by atoms with E-state index in [-0.39, 0.29) is 12.0 Å². The molecule has 0 saturated carbocycles. The molecule has 0 N–H and O–H groups in total. The molecule has 3 saturated heterocycles. The lowest BCUT2D eigenvalue weighted by Gasteiger charge is -2.35. The van der Waals surface area contributed by atoms with Crippen molar-refractivity contribution >= 4 is 5.91 Å². The largest absolute Gasteiger partial charge is 0.492 e. The maximum atomic E-state index is 12.5. The third-order valence-corrected chi connectivity index (χ3v) is 7.97. The lowest BCUT2D eigenvalue weighted by molar-refractivity contribution is -0.142. The van der Waals surface area contributed by atoms with Crippen LogP contribution >= 0.6 is 0 Å². The van der Waals surface area contributed by atoms with E-state index in [1.54, 1.807) is 0 Å². The van der Waals surface area contributed by atoms with Crippen molar-refractivity contribution in [2.45, 2.75) is 44.8 Å². The molecule has 1 unspecified atom stereocenters. The maximum absolute atomic E-state index is 12.5. The Labute approximate surface area is 216 Å². The van der Waals surface area contributed by atoms with Crippen molar-refractivity contribution in [2.75, 3.05) is 59.0 Å². The number of ether oxygens (including phenoxy) is 2. The van der Waals surface area contributed by atoms with E-state index >= 15 is 0 Å². The number of piperidine rings is 1. The Bertz CT molecular complexity index is 930. The normalized spacial score (nSPS) is 22.1. The molecule has 0 bridgehead atoms. The molecule has 6 heteroatoms. The van der Waals surface area contributed by atoms with Crippen LogP contribution in [0.15, 0.2) is 54.6 Å². The zero-order valence-electron chi connectivity index (χ0n) is 21.5. The Morgan fingerprint density at radius 3 is 2.28 bits per heavy atom. The Morgan fingerprint density at radius 1 is 0.833 bits per heavy atom. The van der Waals surface area contributed by atoms with E-state index in [2.05, 4.69) is 64.4 Å². The van der Waals surface area contributed by atoms with Crippen LogP contribution in [-0.2, 0) is 22.5 Å². The lowest BCUT2D eigenvalue weighted by atomic mass is 9.90. The smallest absolute Gasteiger partial charge is 0.251 e. The molecule has 5 rings (SSSR count). The Balaban J connectivity index is 0.966. The van der Waals surface area contributed by atoms with E-state index in [0.29, 0.717) is 6.61 Å². The van der Waals surface area contributed by atoms with Gasteiger partial charge in [-0.25, -0.2) is 0 Å². The summed E-state index contributed by atoms with van der Waals surface area (Å²) in [6, 6.07) is 19.5. The van der Waals surface area contributed by atoms with Crippen molar-refractivity contribution < 1.29 is 14.3 Å². The minimum absolute atomic E-state index is 0.181. The van der Waals surface area contributed by atoms with Gasteiger partial charge in [-0.05, 0) is 74.4 Å². The predicted molar refractivity (Wildman–Crippen MR) is 142 cm³/mol. The first-order chi connectivity index (χ1) is 17.7. The molecule has 3 aliphatic rings. The third kappa shape index (κ3) is 7.09. The predicted octanol–water partition coefficient (Wildman–Crippen LogP) is 3.84. The first-order valence-electron chi connectivity index (χ1n) is 13.8. The summed E-state index contributed by atoms with van der Waals surface area (Å²) in [5.74, 6) is 1.93. The van der Waals surface area contributed by atoms with Gasteiger partial charge in [0.1, 0.15) is 18.5 Å². The summed E-state index contributed by atoms with van der Waals surface area (Å²) < 4.78 is 11.6. The number of hydrogen-bond acceptors (Lipinski definition) is 5. The number of amides is 1. The number of rotatable bonds is 9. The number of piperazine rings is 1. The summed E-state index contributed by atoms with van der Waals surface area (Å²) in [6.07, 6.45) is 5.46. The monoisotopic (exact) mass is 491 g/mol. The summed E-state index contributed by atoms with van der Waals surface area (Å²) in [5, 5.41) is 0. The highest BCUT2D eigenvalue weighted by Gasteiger charge is 2.30. The molecule has 2 aromatic carbocycles. The Morgan fingerprint density at radius 2 is 1.58 bits per heavy atom. The van der Waals surface area contributed by atoms with Gasteiger partial charge in [-0.3, -0.25) is 14.6 Å². The second kappa shape index (κ2) is 12.7. The number of likely N-dealkylation sites (tertiary alicyclic amines) is 1. The quantitative estimate of drug-likeness (QED) is 0.533. The van der Waals surface area contributed by atoms with Gasteiger partial charge in [0.25, 0.3) is 5.91 Å². The van der Waals surface area contributed by atoms with Crippen molar-refractivity contribution in [3.8, 4) is 5.75 Å². The molecular weight excluding hydrogens is 450 g/mol. The molecule has 3 fully saturated rings. The van der Waals surface area contributed by atoms with Crippen LogP contribution in [0.5, 0.6) is 5.75 Å². The van der Waals surface area contributed by atoms with E-state index in [4.69, 9.17) is 9.47 Å². The van der Waals surface area contributed by atoms with E-state index in [1.165, 1.54) is 43.5 Å². The van der Waals surface area contributed by atoms with Crippen molar-refractivity contribution in [1.82, 2.24) is 14.7 Å². The van der Waals surface area contributed by atoms with Crippen LogP contribution in [0.1, 0.15) is 36.8 Å². The van der Waals surface area contributed by atoms with E-state index in [1.807, 2.05) is 4.90 Å².